The van der Waals surface area contributed by atoms with E-state index in [-0.39, 0.29) is 18.8 Å². The highest BCUT2D eigenvalue weighted by atomic mass is 35.5. The Morgan fingerprint density at radius 1 is 1.14 bits per heavy atom. The monoisotopic (exact) mass is 525 g/mol. The number of halogens is 1. The molecule has 1 aromatic heterocycles. The number of carbonyl (C=O) groups excluding carboxylic acids is 2. The number of rotatable bonds is 12. The molecule has 1 aliphatic heterocycles. The second kappa shape index (κ2) is 12.1. The quantitative estimate of drug-likeness (QED) is 0.225. The Balaban J connectivity index is 1.56. The molecule has 14 nitrogen and oxygen atoms in total. The maximum atomic E-state index is 12.4. The van der Waals surface area contributed by atoms with Crippen LogP contribution >= 0.6 is 11.6 Å². The second-order valence-corrected chi connectivity index (χ2v) is 7.91. The average Bonchev–Trinajstić information content (AvgIpc) is 3.25. The lowest BCUT2D eigenvalue weighted by Gasteiger charge is -2.14. The number of ether oxygens (including phenoxy) is 3. The van der Waals surface area contributed by atoms with Crippen LogP contribution in [0.1, 0.15) is 41.3 Å². The van der Waals surface area contributed by atoms with E-state index < -0.39 is 54.0 Å². The fraction of sp³-hybridized carbons (Fsp3) is 0.381. The molecule has 0 spiro atoms. The maximum absolute atomic E-state index is 12.4. The van der Waals surface area contributed by atoms with Crippen molar-refractivity contribution in [1.82, 2.24) is 4.98 Å². The molecule has 0 fully saturated rings. The molecule has 192 valence electrons. The van der Waals surface area contributed by atoms with Crippen molar-refractivity contribution in [2.75, 3.05) is 13.2 Å². The minimum Gasteiger partial charge on any atom is -0.463 e. The van der Waals surface area contributed by atoms with Crippen LogP contribution in [-0.2, 0) is 35.3 Å². The zero-order valence-corrected chi connectivity index (χ0v) is 19.5. The number of aryl methyl sites for hydroxylation is 1. The van der Waals surface area contributed by atoms with Gasteiger partial charge in [-0.1, -0.05) is 23.7 Å². The molecule has 0 radical (unpaired) electrons. The van der Waals surface area contributed by atoms with Gasteiger partial charge in [0.1, 0.15) is 19.3 Å². The van der Waals surface area contributed by atoms with Gasteiger partial charge in [0.25, 0.3) is 10.2 Å². The van der Waals surface area contributed by atoms with Crippen molar-refractivity contribution >= 4 is 23.5 Å². The smallest absolute Gasteiger partial charge is 0.311 e. The van der Waals surface area contributed by atoms with Crippen LogP contribution in [0.15, 0.2) is 30.5 Å². The Labute approximate surface area is 208 Å². The summed E-state index contributed by atoms with van der Waals surface area (Å²) in [5.41, 5.74) is 2.70. The Bertz CT molecular complexity index is 1140. The van der Waals surface area contributed by atoms with E-state index in [4.69, 9.17) is 25.8 Å². The Morgan fingerprint density at radius 2 is 1.83 bits per heavy atom. The number of pyridine rings is 1. The van der Waals surface area contributed by atoms with Crippen LogP contribution in [0.2, 0.25) is 5.02 Å². The number of hydrogen-bond acceptors (Lipinski definition) is 12. The number of carbonyl (C=O) groups is 2. The number of benzene rings is 1. The molecule has 1 unspecified atom stereocenters. The summed E-state index contributed by atoms with van der Waals surface area (Å²) in [6.07, 6.45) is -1.05. The highest BCUT2D eigenvalue weighted by Gasteiger charge is 2.30. The van der Waals surface area contributed by atoms with Gasteiger partial charge in [-0.05, 0) is 24.6 Å². The summed E-state index contributed by atoms with van der Waals surface area (Å²) in [7, 11) is 0. The van der Waals surface area contributed by atoms with Gasteiger partial charge in [-0.15, -0.1) is 20.2 Å². The molecule has 0 saturated carbocycles. The third-order valence-electron chi connectivity index (χ3n) is 4.98. The largest absolute Gasteiger partial charge is 0.463 e. The van der Waals surface area contributed by atoms with Gasteiger partial charge in [-0.25, -0.2) is 0 Å². The highest BCUT2D eigenvalue weighted by molar-refractivity contribution is 6.30. The molecule has 2 atom stereocenters. The standard InChI is InChI=1S/C21H20ClN3O11/c1-12-20(17-11-33-21(16(17)8-23-12)13-2-4-14(22)5-3-13)35-19(27)7-6-18(26)32-9-15(36-25(30)31)10-34-24(28)29/h2-5,8,15,21H,6-7,9-11H2,1H3/t15?,21-/m0/s1. The summed E-state index contributed by atoms with van der Waals surface area (Å²) in [6.45, 7) is 0.324. The predicted octanol–water partition coefficient (Wildman–Crippen LogP) is 2.68. The Morgan fingerprint density at radius 3 is 2.50 bits per heavy atom. The van der Waals surface area contributed by atoms with Crippen LogP contribution in [0.5, 0.6) is 5.75 Å². The van der Waals surface area contributed by atoms with Gasteiger partial charge >= 0.3 is 11.9 Å². The molecule has 3 rings (SSSR count). The summed E-state index contributed by atoms with van der Waals surface area (Å²) >= 11 is 5.95. The van der Waals surface area contributed by atoms with Crippen LogP contribution in [0.25, 0.3) is 0 Å². The molecule has 0 aliphatic carbocycles. The van der Waals surface area contributed by atoms with Crippen LogP contribution in [0.4, 0.5) is 0 Å². The third kappa shape index (κ3) is 7.23. The molecule has 36 heavy (non-hydrogen) atoms. The molecule has 0 bridgehead atoms. The zero-order chi connectivity index (χ0) is 26.2. The summed E-state index contributed by atoms with van der Waals surface area (Å²) in [6, 6.07) is 7.12. The van der Waals surface area contributed by atoms with E-state index in [0.29, 0.717) is 16.3 Å². The van der Waals surface area contributed by atoms with Gasteiger partial charge in [0.15, 0.2) is 11.9 Å². The first kappa shape index (κ1) is 26.6. The van der Waals surface area contributed by atoms with E-state index >= 15 is 0 Å². The summed E-state index contributed by atoms with van der Waals surface area (Å²) < 4.78 is 16.1. The van der Waals surface area contributed by atoms with Gasteiger partial charge < -0.3 is 23.9 Å². The molecular formula is C21H20ClN3O11. The lowest BCUT2D eigenvalue weighted by atomic mass is 10.0. The predicted molar refractivity (Wildman–Crippen MR) is 118 cm³/mol. The van der Waals surface area contributed by atoms with Gasteiger partial charge in [-0.3, -0.25) is 14.6 Å². The van der Waals surface area contributed by atoms with Crippen molar-refractivity contribution in [2.24, 2.45) is 0 Å². The molecular weight excluding hydrogens is 506 g/mol. The van der Waals surface area contributed by atoms with E-state index in [2.05, 4.69) is 14.7 Å². The van der Waals surface area contributed by atoms with Crippen molar-refractivity contribution in [2.45, 2.75) is 38.6 Å². The molecule has 15 heteroatoms. The van der Waals surface area contributed by atoms with E-state index in [1.165, 1.54) is 0 Å². The topological polar surface area (TPSA) is 179 Å². The van der Waals surface area contributed by atoms with Crippen molar-refractivity contribution in [3.8, 4) is 5.75 Å². The number of nitrogens with zero attached hydrogens (tertiary/aromatic N) is 3. The average molecular weight is 526 g/mol. The van der Waals surface area contributed by atoms with Crippen LogP contribution in [0.3, 0.4) is 0 Å². The highest BCUT2D eigenvalue weighted by Crippen LogP contribution is 2.41. The first-order valence-corrected chi connectivity index (χ1v) is 10.8. The SMILES string of the molecule is Cc1ncc2c(c1OC(=O)CCC(=O)OCC(CO[N+](=O)[O-])O[N+](=O)[O-])CO[C@H]2c1ccc(Cl)cc1. The van der Waals surface area contributed by atoms with Gasteiger partial charge in [-0.2, -0.15) is 0 Å². The minimum absolute atomic E-state index is 0.181. The van der Waals surface area contributed by atoms with Gasteiger partial charge in [0.05, 0.1) is 25.1 Å². The normalized spacial score (nSPS) is 14.9. The third-order valence-corrected chi connectivity index (χ3v) is 5.23. The van der Waals surface area contributed by atoms with E-state index in [1.54, 1.807) is 25.3 Å². The Kier molecular flexibility index (Phi) is 8.91. The lowest BCUT2D eigenvalue weighted by molar-refractivity contribution is -0.790. The molecule has 1 aromatic carbocycles. The fourth-order valence-electron chi connectivity index (χ4n) is 3.33. The first-order valence-electron chi connectivity index (χ1n) is 10.4. The van der Waals surface area contributed by atoms with Crippen LogP contribution in [0, 0.1) is 27.2 Å². The van der Waals surface area contributed by atoms with Crippen LogP contribution in [-0.4, -0.2) is 46.4 Å². The minimum atomic E-state index is -1.52. The van der Waals surface area contributed by atoms with Crippen molar-refractivity contribution < 1.29 is 43.6 Å². The molecule has 0 saturated heterocycles. The molecule has 2 heterocycles. The molecule has 2 aromatic rings. The van der Waals surface area contributed by atoms with Crippen molar-refractivity contribution in [3.63, 3.8) is 0 Å². The Hall–Kier alpha value is -4.04. The zero-order valence-electron chi connectivity index (χ0n) is 18.8. The maximum Gasteiger partial charge on any atom is 0.311 e. The van der Waals surface area contributed by atoms with Gasteiger partial charge in [0, 0.05) is 22.3 Å². The van der Waals surface area contributed by atoms with Crippen molar-refractivity contribution in [1.29, 1.82) is 0 Å². The van der Waals surface area contributed by atoms with Crippen LogP contribution < -0.4 is 4.74 Å². The van der Waals surface area contributed by atoms with Gasteiger partial charge in [0.2, 0.25) is 0 Å². The van der Waals surface area contributed by atoms with E-state index in [0.717, 1.165) is 11.1 Å². The lowest BCUT2D eigenvalue weighted by Crippen LogP contribution is -2.30. The number of fused-ring (bicyclic) bond motifs is 1. The number of hydrogen-bond donors (Lipinski definition) is 0. The fourth-order valence-corrected chi connectivity index (χ4v) is 3.46. The number of esters is 2. The summed E-state index contributed by atoms with van der Waals surface area (Å²) in [4.78, 5) is 57.5. The van der Waals surface area contributed by atoms with Crippen molar-refractivity contribution in [3.05, 3.63) is 78.1 Å². The van der Waals surface area contributed by atoms with E-state index in [1.807, 2.05) is 12.1 Å². The molecule has 0 amide bonds. The molecule has 1 aliphatic rings. The summed E-state index contributed by atoms with van der Waals surface area (Å²) in [5, 5.41) is 18.9. The molecule has 0 N–H and O–H groups in total. The number of aromatic nitrogens is 1. The summed E-state index contributed by atoms with van der Waals surface area (Å²) in [5.74, 6) is -1.40. The first-order chi connectivity index (χ1) is 17.1. The van der Waals surface area contributed by atoms with E-state index in [9.17, 15) is 29.8 Å². The second-order valence-electron chi connectivity index (χ2n) is 7.48.